The molecule has 0 saturated carbocycles. The lowest BCUT2D eigenvalue weighted by Crippen LogP contribution is -2.47. The van der Waals surface area contributed by atoms with Crippen LogP contribution in [0.2, 0.25) is 0 Å². The fourth-order valence-electron chi connectivity index (χ4n) is 5.00. The number of fused-ring (bicyclic) bond motifs is 2. The zero-order valence-corrected chi connectivity index (χ0v) is 20.3. The Labute approximate surface area is 205 Å². The van der Waals surface area contributed by atoms with Gasteiger partial charge in [-0.2, -0.15) is 0 Å². The zero-order chi connectivity index (χ0) is 24.4. The second-order valence-electron chi connectivity index (χ2n) is 8.73. The Bertz CT molecular complexity index is 1210. The van der Waals surface area contributed by atoms with Crippen molar-refractivity contribution in [1.29, 1.82) is 0 Å². The Hall–Kier alpha value is -3.71. The van der Waals surface area contributed by atoms with Crippen molar-refractivity contribution >= 4 is 11.6 Å². The predicted molar refractivity (Wildman–Crippen MR) is 134 cm³/mol. The minimum Gasteiger partial charge on any atom is -0.496 e. The first-order chi connectivity index (χ1) is 17.1. The second-order valence-corrected chi connectivity index (χ2v) is 8.73. The highest BCUT2D eigenvalue weighted by atomic mass is 16.5. The fourth-order valence-corrected chi connectivity index (χ4v) is 5.00. The average molecular weight is 475 g/mol. The third kappa shape index (κ3) is 4.39. The molecule has 0 aliphatic carbocycles. The Morgan fingerprint density at radius 3 is 2.54 bits per heavy atom. The number of nitrogens with zero attached hydrogens (tertiary/aromatic N) is 2. The maximum absolute atomic E-state index is 13.9. The Morgan fingerprint density at radius 1 is 0.943 bits per heavy atom. The van der Waals surface area contributed by atoms with Crippen molar-refractivity contribution in [3.63, 3.8) is 0 Å². The molecule has 0 radical (unpaired) electrons. The molecule has 0 spiro atoms. The fraction of sp³-hybridized carbons (Fsp3) is 0.321. The molecule has 0 aromatic heterocycles. The number of hydrogen-bond donors (Lipinski definition) is 0. The van der Waals surface area contributed by atoms with Crippen molar-refractivity contribution < 1.29 is 23.7 Å². The van der Waals surface area contributed by atoms with Crippen LogP contribution in [0.25, 0.3) is 0 Å². The molecule has 2 aliphatic rings. The number of carbonyl (C=O) groups is 1. The van der Waals surface area contributed by atoms with Gasteiger partial charge in [-0.15, -0.1) is 0 Å². The first kappa shape index (κ1) is 23.1. The minimum absolute atomic E-state index is 0.0267. The van der Waals surface area contributed by atoms with E-state index in [-0.39, 0.29) is 11.9 Å². The third-order valence-corrected chi connectivity index (χ3v) is 6.78. The minimum atomic E-state index is -0.288. The summed E-state index contributed by atoms with van der Waals surface area (Å²) in [6, 6.07) is 19.3. The molecular formula is C28H30N2O5. The number of para-hydroxylation sites is 2. The first-order valence-corrected chi connectivity index (χ1v) is 11.8. The van der Waals surface area contributed by atoms with E-state index in [1.807, 2.05) is 59.5 Å². The van der Waals surface area contributed by atoms with Crippen molar-refractivity contribution in [3.05, 3.63) is 77.4 Å². The van der Waals surface area contributed by atoms with Gasteiger partial charge in [0.15, 0.2) is 11.5 Å². The monoisotopic (exact) mass is 474 g/mol. The van der Waals surface area contributed by atoms with E-state index in [1.165, 1.54) is 5.56 Å². The van der Waals surface area contributed by atoms with Gasteiger partial charge in [0.05, 0.1) is 39.6 Å². The number of amides is 1. The van der Waals surface area contributed by atoms with Gasteiger partial charge < -0.3 is 18.9 Å². The number of hydrogen-bond acceptors (Lipinski definition) is 6. The van der Waals surface area contributed by atoms with Gasteiger partial charge in [0, 0.05) is 18.7 Å². The lowest BCUT2D eigenvalue weighted by atomic mass is 9.98. The lowest BCUT2D eigenvalue weighted by molar-refractivity contribution is -0.120. The van der Waals surface area contributed by atoms with Gasteiger partial charge in [-0.3, -0.25) is 14.6 Å². The summed E-state index contributed by atoms with van der Waals surface area (Å²) < 4.78 is 22.6. The molecule has 7 heteroatoms. The molecule has 1 amide bonds. The number of ether oxygens (including phenoxy) is 4. The molecule has 0 bridgehead atoms. The summed E-state index contributed by atoms with van der Waals surface area (Å²) in [4.78, 5) is 18.0. The predicted octanol–water partition coefficient (Wildman–Crippen LogP) is 4.24. The maximum Gasteiger partial charge on any atom is 0.241 e. The summed E-state index contributed by atoms with van der Waals surface area (Å²) in [7, 11) is 4.91. The largest absolute Gasteiger partial charge is 0.496 e. The van der Waals surface area contributed by atoms with Gasteiger partial charge in [0.25, 0.3) is 0 Å². The quantitative estimate of drug-likeness (QED) is 0.533. The highest BCUT2D eigenvalue weighted by molar-refractivity contribution is 5.97. The van der Waals surface area contributed by atoms with E-state index in [2.05, 4.69) is 11.0 Å². The molecule has 7 nitrogen and oxygen atoms in total. The zero-order valence-electron chi connectivity index (χ0n) is 20.3. The van der Waals surface area contributed by atoms with Crippen LogP contribution in [0.4, 0.5) is 5.69 Å². The van der Waals surface area contributed by atoms with Crippen LogP contribution in [0.3, 0.4) is 0 Å². The first-order valence-electron chi connectivity index (χ1n) is 11.8. The van der Waals surface area contributed by atoms with Crippen molar-refractivity contribution in [3.8, 4) is 23.0 Å². The standard InChI is InChI=1S/C28H30N2O5/c1-32-24-10-6-7-19-13-14-29(16-21(19)24)17-28(31)30-22-8-4-5-9-25(22)35-18-23(30)20-11-12-26(33-2)27(15-20)34-3/h4-12,15,23H,13-14,16-18H2,1-3H3. The molecule has 1 atom stereocenters. The lowest BCUT2D eigenvalue weighted by Gasteiger charge is -2.39. The Balaban J connectivity index is 1.45. The third-order valence-electron chi connectivity index (χ3n) is 6.78. The van der Waals surface area contributed by atoms with Crippen LogP contribution in [-0.4, -0.2) is 51.8 Å². The molecule has 0 N–H and O–H groups in total. The van der Waals surface area contributed by atoms with Crippen LogP contribution >= 0.6 is 0 Å². The van der Waals surface area contributed by atoms with Gasteiger partial charge >= 0.3 is 0 Å². The molecular weight excluding hydrogens is 444 g/mol. The van der Waals surface area contributed by atoms with Crippen molar-refractivity contribution in [1.82, 2.24) is 4.90 Å². The van der Waals surface area contributed by atoms with Crippen LogP contribution < -0.4 is 23.8 Å². The highest BCUT2D eigenvalue weighted by Crippen LogP contribution is 2.41. The number of anilines is 1. The summed E-state index contributed by atoms with van der Waals surface area (Å²) in [5.74, 6) is 2.88. The Kier molecular flexibility index (Phi) is 6.51. The Morgan fingerprint density at radius 2 is 1.74 bits per heavy atom. The molecule has 182 valence electrons. The van der Waals surface area contributed by atoms with E-state index in [9.17, 15) is 4.79 Å². The number of rotatable bonds is 6. The molecule has 3 aromatic carbocycles. The van der Waals surface area contributed by atoms with Crippen LogP contribution in [-0.2, 0) is 17.8 Å². The van der Waals surface area contributed by atoms with Crippen LogP contribution in [0.5, 0.6) is 23.0 Å². The van der Waals surface area contributed by atoms with E-state index in [0.717, 1.165) is 35.5 Å². The van der Waals surface area contributed by atoms with E-state index < -0.39 is 0 Å². The second kappa shape index (κ2) is 9.88. The molecule has 0 saturated heterocycles. The molecule has 0 fully saturated rings. The van der Waals surface area contributed by atoms with Gasteiger partial charge in [-0.05, 0) is 47.9 Å². The van der Waals surface area contributed by atoms with E-state index >= 15 is 0 Å². The maximum atomic E-state index is 13.9. The van der Waals surface area contributed by atoms with Gasteiger partial charge in [0.1, 0.15) is 18.1 Å². The van der Waals surface area contributed by atoms with Gasteiger partial charge in [-0.25, -0.2) is 0 Å². The van der Waals surface area contributed by atoms with Crippen molar-refractivity contribution in [2.24, 2.45) is 0 Å². The number of benzene rings is 3. The summed E-state index contributed by atoms with van der Waals surface area (Å²) in [5, 5.41) is 0. The molecule has 5 rings (SSSR count). The summed E-state index contributed by atoms with van der Waals surface area (Å²) in [6.07, 6.45) is 0.888. The summed E-state index contributed by atoms with van der Waals surface area (Å²) in [5.41, 5.74) is 4.15. The van der Waals surface area contributed by atoms with Crippen LogP contribution in [0.1, 0.15) is 22.7 Å². The van der Waals surface area contributed by atoms with Crippen LogP contribution in [0.15, 0.2) is 60.7 Å². The average Bonchev–Trinajstić information content (AvgIpc) is 2.91. The van der Waals surface area contributed by atoms with E-state index in [1.54, 1.807) is 21.3 Å². The van der Waals surface area contributed by atoms with Crippen molar-refractivity contribution in [2.45, 2.75) is 19.0 Å². The van der Waals surface area contributed by atoms with Crippen molar-refractivity contribution in [2.75, 3.05) is 45.9 Å². The molecule has 2 heterocycles. The van der Waals surface area contributed by atoms with Gasteiger partial charge in [0.2, 0.25) is 5.91 Å². The molecule has 3 aromatic rings. The van der Waals surface area contributed by atoms with E-state index in [4.69, 9.17) is 18.9 Å². The smallest absolute Gasteiger partial charge is 0.241 e. The summed E-state index contributed by atoms with van der Waals surface area (Å²) >= 11 is 0. The topological polar surface area (TPSA) is 60.5 Å². The molecule has 35 heavy (non-hydrogen) atoms. The number of methoxy groups -OCH3 is 3. The molecule has 2 aliphatic heterocycles. The normalized spacial score (nSPS) is 17.1. The SMILES string of the molecule is COc1ccc(C2COc3ccccc3N2C(=O)CN2CCc3cccc(OC)c3C2)cc1OC. The van der Waals surface area contributed by atoms with Gasteiger partial charge in [-0.1, -0.05) is 30.3 Å². The van der Waals surface area contributed by atoms with E-state index in [0.29, 0.717) is 36.9 Å². The van der Waals surface area contributed by atoms with Crippen LogP contribution in [0, 0.1) is 0 Å². The number of carbonyl (C=O) groups excluding carboxylic acids is 1. The molecule has 1 unspecified atom stereocenters. The highest BCUT2D eigenvalue weighted by Gasteiger charge is 2.35. The summed E-state index contributed by atoms with van der Waals surface area (Å²) in [6.45, 7) is 2.15.